The smallest absolute Gasteiger partial charge is 0.0492 e. The summed E-state index contributed by atoms with van der Waals surface area (Å²) in [6, 6.07) is 0. The van der Waals surface area contributed by atoms with Gasteiger partial charge in [-0.05, 0) is 24.7 Å². The Hall–Kier alpha value is 0.290. The number of unbranched alkanes of at least 4 members (excludes halogenated alkanes) is 1. The first-order valence-corrected chi connectivity index (χ1v) is 5.82. The summed E-state index contributed by atoms with van der Waals surface area (Å²) in [6.45, 7) is 13.4. The van der Waals surface area contributed by atoms with Crippen molar-refractivity contribution >= 4 is 11.6 Å². The van der Waals surface area contributed by atoms with E-state index >= 15 is 0 Å². The van der Waals surface area contributed by atoms with Gasteiger partial charge in [0, 0.05) is 4.87 Å². The summed E-state index contributed by atoms with van der Waals surface area (Å²) in [5, 5.41) is 0. The lowest BCUT2D eigenvalue weighted by atomic mass is 9.70. The predicted molar refractivity (Wildman–Crippen MR) is 62.4 cm³/mol. The molecule has 0 aliphatic rings. The monoisotopic (exact) mass is 204 g/mol. The minimum absolute atomic E-state index is 0.0812. The molecule has 0 aromatic carbocycles. The van der Waals surface area contributed by atoms with E-state index in [2.05, 4.69) is 41.5 Å². The second-order valence-electron chi connectivity index (χ2n) is 5.22. The maximum atomic E-state index is 6.60. The van der Waals surface area contributed by atoms with E-state index in [4.69, 9.17) is 11.6 Å². The van der Waals surface area contributed by atoms with Crippen LogP contribution in [0.3, 0.4) is 0 Å². The maximum absolute atomic E-state index is 6.60. The predicted octanol–water partition coefficient (Wildman–Crippen LogP) is 4.86. The minimum atomic E-state index is -0.0812. The van der Waals surface area contributed by atoms with Gasteiger partial charge in [0.05, 0.1) is 0 Å². The van der Waals surface area contributed by atoms with E-state index in [1.54, 1.807) is 0 Å². The molecular weight excluding hydrogens is 180 g/mol. The van der Waals surface area contributed by atoms with Crippen molar-refractivity contribution < 1.29 is 0 Å². The third kappa shape index (κ3) is 3.16. The Morgan fingerprint density at radius 2 is 1.62 bits per heavy atom. The third-order valence-electron chi connectivity index (χ3n) is 3.56. The zero-order chi connectivity index (χ0) is 10.7. The van der Waals surface area contributed by atoms with E-state index in [0.717, 1.165) is 0 Å². The van der Waals surface area contributed by atoms with Crippen LogP contribution in [0.25, 0.3) is 0 Å². The van der Waals surface area contributed by atoms with Gasteiger partial charge in [-0.15, -0.1) is 11.6 Å². The Morgan fingerprint density at radius 3 is 1.92 bits per heavy atom. The molecule has 1 atom stereocenters. The van der Waals surface area contributed by atoms with E-state index in [1.165, 1.54) is 19.3 Å². The molecule has 0 aliphatic heterocycles. The van der Waals surface area contributed by atoms with Crippen LogP contribution in [0.4, 0.5) is 0 Å². The molecule has 0 spiro atoms. The second-order valence-corrected chi connectivity index (χ2v) is 6.00. The van der Waals surface area contributed by atoms with Crippen molar-refractivity contribution in [3.63, 3.8) is 0 Å². The fourth-order valence-corrected chi connectivity index (χ4v) is 1.74. The SMILES string of the molecule is CCCCC(C)(C)C(C)(Cl)C(C)C. The largest absolute Gasteiger partial charge is 0.119 e. The first kappa shape index (κ1) is 13.3. The van der Waals surface area contributed by atoms with Crippen molar-refractivity contribution in [1.29, 1.82) is 0 Å². The van der Waals surface area contributed by atoms with Crippen molar-refractivity contribution in [3.05, 3.63) is 0 Å². The molecule has 0 amide bonds. The molecule has 0 bridgehead atoms. The summed E-state index contributed by atoms with van der Waals surface area (Å²) in [7, 11) is 0. The highest BCUT2D eigenvalue weighted by Crippen LogP contribution is 2.45. The van der Waals surface area contributed by atoms with Crippen molar-refractivity contribution in [2.24, 2.45) is 11.3 Å². The van der Waals surface area contributed by atoms with Crippen molar-refractivity contribution in [2.45, 2.75) is 65.7 Å². The highest BCUT2D eigenvalue weighted by atomic mass is 35.5. The van der Waals surface area contributed by atoms with E-state index in [1.807, 2.05) is 0 Å². The lowest BCUT2D eigenvalue weighted by Crippen LogP contribution is -2.41. The Kier molecular flexibility index (Phi) is 4.79. The van der Waals surface area contributed by atoms with Crippen LogP contribution in [-0.2, 0) is 0 Å². The summed E-state index contributed by atoms with van der Waals surface area (Å²) in [5.74, 6) is 0.529. The lowest BCUT2D eigenvalue weighted by Gasteiger charge is -2.42. The zero-order valence-corrected chi connectivity index (χ0v) is 10.8. The van der Waals surface area contributed by atoms with Crippen molar-refractivity contribution in [2.75, 3.05) is 0 Å². The molecule has 80 valence electrons. The molecule has 0 aromatic rings. The van der Waals surface area contributed by atoms with Crippen LogP contribution in [0.1, 0.15) is 60.8 Å². The van der Waals surface area contributed by atoms with Gasteiger partial charge in [-0.25, -0.2) is 0 Å². The summed E-state index contributed by atoms with van der Waals surface area (Å²) >= 11 is 6.60. The van der Waals surface area contributed by atoms with Gasteiger partial charge in [0.2, 0.25) is 0 Å². The first-order chi connectivity index (χ1) is 5.75. The van der Waals surface area contributed by atoms with Gasteiger partial charge < -0.3 is 0 Å². The molecule has 0 aromatic heterocycles. The number of hydrogen-bond donors (Lipinski definition) is 0. The van der Waals surface area contributed by atoms with Crippen LogP contribution in [-0.4, -0.2) is 4.87 Å². The highest BCUT2D eigenvalue weighted by molar-refractivity contribution is 6.24. The minimum Gasteiger partial charge on any atom is -0.119 e. The van der Waals surface area contributed by atoms with E-state index in [9.17, 15) is 0 Å². The average molecular weight is 205 g/mol. The number of rotatable bonds is 5. The van der Waals surface area contributed by atoms with Crippen LogP contribution in [0.15, 0.2) is 0 Å². The van der Waals surface area contributed by atoms with Gasteiger partial charge in [0.15, 0.2) is 0 Å². The Balaban J connectivity index is 4.41. The molecular formula is C12H25Cl. The van der Waals surface area contributed by atoms with Crippen LogP contribution in [0, 0.1) is 11.3 Å². The van der Waals surface area contributed by atoms with E-state index in [-0.39, 0.29) is 10.3 Å². The average Bonchev–Trinajstić information content (AvgIpc) is 2.00. The van der Waals surface area contributed by atoms with Gasteiger partial charge in [0.1, 0.15) is 0 Å². The lowest BCUT2D eigenvalue weighted by molar-refractivity contribution is 0.185. The van der Waals surface area contributed by atoms with Crippen LogP contribution >= 0.6 is 11.6 Å². The quantitative estimate of drug-likeness (QED) is 0.562. The van der Waals surface area contributed by atoms with Gasteiger partial charge in [0.25, 0.3) is 0 Å². The highest BCUT2D eigenvalue weighted by Gasteiger charge is 2.40. The topological polar surface area (TPSA) is 0 Å². The van der Waals surface area contributed by atoms with Gasteiger partial charge in [-0.1, -0.05) is 47.5 Å². The number of hydrogen-bond acceptors (Lipinski definition) is 0. The molecule has 13 heavy (non-hydrogen) atoms. The fraction of sp³-hybridized carbons (Fsp3) is 1.00. The van der Waals surface area contributed by atoms with Gasteiger partial charge >= 0.3 is 0 Å². The van der Waals surface area contributed by atoms with E-state index in [0.29, 0.717) is 5.92 Å². The molecule has 0 nitrogen and oxygen atoms in total. The molecule has 0 saturated carbocycles. The fourth-order valence-electron chi connectivity index (χ4n) is 1.64. The zero-order valence-electron chi connectivity index (χ0n) is 10.1. The molecule has 0 aliphatic carbocycles. The van der Waals surface area contributed by atoms with Crippen molar-refractivity contribution in [1.82, 2.24) is 0 Å². The van der Waals surface area contributed by atoms with Crippen LogP contribution in [0.2, 0.25) is 0 Å². The Bertz CT molecular complexity index is 145. The molecule has 1 heteroatoms. The standard InChI is InChI=1S/C12H25Cl/c1-7-8-9-11(4,5)12(6,13)10(2)3/h10H,7-9H2,1-6H3. The molecule has 0 fully saturated rings. The molecule has 0 N–H and O–H groups in total. The molecule has 0 radical (unpaired) electrons. The third-order valence-corrected chi connectivity index (χ3v) is 4.51. The maximum Gasteiger partial charge on any atom is 0.0492 e. The Morgan fingerprint density at radius 1 is 1.15 bits per heavy atom. The first-order valence-electron chi connectivity index (χ1n) is 5.44. The Labute approximate surface area is 89.1 Å². The second kappa shape index (κ2) is 4.68. The molecule has 0 heterocycles. The molecule has 0 saturated heterocycles. The van der Waals surface area contributed by atoms with Gasteiger partial charge in [-0.3, -0.25) is 0 Å². The summed E-state index contributed by atoms with van der Waals surface area (Å²) in [5.41, 5.74) is 0.235. The number of alkyl halides is 1. The number of halogens is 1. The summed E-state index contributed by atoms with van der Waals surface area (Å²) < 4.78 is 0. The molecule has 1 unspecified atom stereocenters. The van der Waals surface area contributed by atoms with Gasteiger partial charge in [-0.2, -0.15) is 0 Å². The van der Waals surface area contributed by atoms with Crippen LogP contribution in [0.5, 0.6) is 0 Å². The van der Waals surface area contributed by atoms with E-state index < -0.39 is 0 Å². The summed E-state index contributed by atoms with van der Waals surface area (Å²) in [4.78, 5) is -0.0812. The summed E-state index contributed by atoms with van der Waals surface area (Å²) in [6.07, 6.45) is 3.76. The normalized spacial score (nSPS) is 17.5. The van der Waals surface area contributed by atoms with Crippen molar-refractivity contribution in [3.8, 4) is 0 Å². The molecule has 0 rings (SSSR count). The van der Waals surface area contributed by atoms with Crippen LogP contribution < -0.4 is 0 Å².